The molecule has 0 bridgehead atoms. The maximum absolute atomic E-state index is 13.1. The highest BCUT2D eigenvalue weighted by Gasteiger charge is 2.25. The number of halogens is 3. The van der Waals surface area contributed by atoms with Crippen LogP contribution in [0.3, 0.4) is 0 Å². The number of carbonyl (C=O) groups excluding carboxylic acids is 1. The molecule has 2 rings (SSSR count). The molecule has 19 heavy (non-hydrogen) atoms. The lowest BCUT2D eigenvalue weighted by molar-refractivity contribution is -0.134. The predicted molar refractivity (Wildman–Crippen MR) is 64.7 cm³/mol. The Bertz CT molecular complexity index is 461. The minimum absolute atomic E-state index is 0.0114. The van der Waals surface area contributed by atoms with E-state index in [1.54, 1.807) is 7.05 Å². The van der Waals surface area contributed by atoms with Crippen molar-refractivity contribution in [2.24, 2.45) is 5.92 Å². The zero-order valence-corrected chi connectivity index (χ0v) is 10.8. The standard InChI is InChI=1S/C14H16F3NO/c1-18(14(19)10-4-2-3-5-10)8-9-6-11(15)13(17)12(16)7-9/h6-7,10H,2-5,8H2,1H3. The van der Waals surface area contributed by atoms with Crippen LogP contribution in [0, 0.1) is 23.4 Å². The third-order valence-electron chi connectivity index (χ3n) is 3.54. The number of hydrogen-bond donors (Lipinski definition) is 0. The van der Waals surface area contributed by atoms with Crippen LogP contribution < -0.4 is 0 Å². The summed E-state index contributed by atoms with van der Waals surface area (Å²) in [4.78, 5) is 13.5. The molecule has 1 saturated carbocycles. The van der Waals surface area contributed by atoms with Gasteiger partial charge in [0, 0.05) is 19.5 Å². The average Bonchev–Trinajstić information content (AvgIpc) is 2.88. The van der Waals surface area contributed by atoms with E-state index in [2.05, 4.69) is 0 Å². The van der Waals surface area contributed by atoms with Crippen molar-refractivity contribution in [1.82, 2.24) is 4.90 Å². The van der Waals surface area contributed by atoms with E-state index in [1.165, 1.54) is 4.90 Å². The molecule has 1 aliphatic rings. The van der Waals surface area contributed by atoms with Crippen molar-refractivity contribution in [2.45, 2.75) is 32.2 Å². The van der Waals surface area contributed by atoms with E-state index < -0.39 is 17.5 Å². The van der Waals surface area contributed by atoms with Crippen LogP contribution in [0.1, 0.15) is 31.2 Å². The van der Waals surface area contributed by atoms with E-state index >= 15 is 0 Å². The third kappa shape index (κ3) is 3.08. The summed E-state index contributed by atoms with van der Waals surface area (Å²) in [5, 5.41) is 0. The van der Waals surface area contributed by atoms with Gasteiger partial charge in [0.2, 0.25) is 5.91 Å². The number of amides is 1. The molecule has 0 unspecified atom stereocenters. The molecule has 1 fully saturated rings. The van der Waals surface area contributed by atoms with Crippen LogP contribution in [0.4, 0.5) is 13.2 Å². The minimum Gasteiger partial charge on any atom is -0.341 e. The summed E-state index contributed by atoms with van der Waals surface area (Å²) < 4.78 is 39.0. The summed E-state index contributed by atoms with van der Waals surface area (Å²) >= 11 is 0. The van der Waals surface area contributed by atoms with Gasteiger partial charge in [0.15, 0.2) is 17.5 Å². The van der Waals surface area contributed by atoms with Gasteiger partial charge in [0.1, 0.15) is 0 Å². The van der Waals surface area contributed by atoms with E-state index in [0.717, 1.165) is 37.8 Å². The number of benzene rings is 1. The minimum atomic E-state index is -1.48. The summed E-state index contributed by atoms with van der Waals surface area (Å²) in [6.45, 7) is 0.0868. The van der Waals surface area contributed by atoms with E-state index in [4.69, 9.17) is 0 Å². The molecule has 2 nitrogen and oxygen atoms in total. The zero-order valence-electron chi connectivity index (χ0n) is 10.8. The van der Waals surface area contributed by atoms with Crippen molar-refractivity contribution in [3.63, 3.8) is 0 Å². The van der Waals surface area contributed by atoms with Gasteiger partial charge in [0.05, 0.1) is 0 Å². The smallest absolute Gasteiger partial charge is 0.225 e. The molecule has 0 aromatic heterocycles. The molecule has 1 aromatic rings. The first kappa shape index (κ1) is 13.9. The van der Waals surface area contributed by atoms with Crippen LogP contribution in [0.15, 0.2) is 12.1 Å². The summed E-state index contributed by atoms with van der Waals surface area (Å²) in [5.74, 6) is -3.93. The number of carbonyl (C=O) groups is 1. The Morgan fingerprint density at radius 3 is 2.26 bits per heavy atom. The summed E-state index contributed by atoms with van der Waals surface area (Å²) in [7, 11) is 1.60. The van der Waals surface area contributed by atoms with Gasteiger partial charge < -0.3 is 4.90 Å². The molecule has 0 atom stereocenters. The first-order chi connectivity index (χ1) is 8.99. The van der Waals surface area contributed by atoms with Gasteiger partial charge >= 0.3 is 0 Å². The molecule has 104 valence electrons. The number of nitrogens with zero attached hydrogens (tertiary/aromatic N) is 1. The Labute approximate surface area is 110 Å². The number of hydrogen-bond acceptors (Lipinski definition) is 1. The zero-order chi connectivity index (χ0) is 14.0. The third-order valence-corrected chi connectivity index (χ3v) is 3.54. The highest BCUT2D eigenvalue weighted by molar-refractivity contribution is 5.78. The molecule has 0 radical (unpaired) electrons. The van der Waals surface area contributed by atoms with Crippen LogP contribution in [0.2, 0.25) is 0 Å². The fraction of sp³-hybridized carbons (Fsp3) is 0.500. The van der Waals surface area contributed by atoms with Crippen molar-refractivity contribution in [1.29, 1.82) is 0 Å². The van der Waals surface area contributed by atoms with Crippen LogP contribution in [-0.4, -0.2) is 17.9 Å². The van der Waals surface area contributed by atoms with Gasteiger partial charge in [-0.2, -0.15) is 0 Å². The molecule has 0 spiro atoms. The Morgan fingerprint density at radius 2 is 1.74 bits per heavy atom. The first-order valence-corrected chi connectivity index (χ1v) is 6.37. The normalized spacial score (nSPS) is 15.8. The second-order valence-corrected chi connectivity index (χ2v) is 5.05. The van der Waals surface area contributed by atoms with E-state index in [-0.39, 0.29) is 23.9 Å². The molecular formula is C14H16F3NO. The fourth-order valence-corrected chi connectivity index (χ4v) is 2.54. The van der Waals surface area contributed by atoms with Crippen molar-refractivity contribution in [3.8, 4) is 0 Å². The van der Waals surface area contributed by atoms with Crippen LogP contribution in [0.5, 0.6) is 0 Å². The van der Waals surface area contributed by atoms with Gasteiger partial charge in [-0.1, -0.05) is 12.8 Å². The van der Waals surface area contributed by atoms with Crippen LogP contribution >= 0.6 is 0 Å². The molecule has 0 N–H and O–H groups in total. The first-order valence-electron chi connectivity index (χ1n) is 6.37. The van der Waals surface area contributed by atoms with Gasteiger partial charge in [0.25, 0.3) is 0 Å². The Balaban J connectivity index is 2.06. The fourth-order valence-electron chi connectivity index (χ4n) is 2.54. The van der Waals surface area contributed by atoms with Crippen molar-refractivity contribution in [2.75, 3.05) is 7.05 Å². The topological polar surface area (TPSA) is 20.3 Å². The molecule has 0 heterocycles. The van der Waals surface area contributed by atoms with E-state index in [1.807, 2.05) is 0 Å². The Kier molecular flexibility index (Phi) is 4.12. The Morgan fingerprint density at radius 1 is 1.21 bits per heavy atom. The molecule has 0 aliphatic heterocycles. The second-order valence-electron chi connectivity index (χ2n) is 5.05. The molecular weight excluding hydrogens is 255 g/mol. The predicted octanol–water partition coefficient (Wildman–Crippen LogP) is 3.25. The molecule has 1 aliphatic carbocycles. The molecule has 1 amide bonds. The second kappa shape index (κ2) is 5.63. The maximum atomic E-state index is 13.1. The largest absolute Gasteiger partial charge is 0.341 e. The van der Waals surface area contributed by atoms with Crippen molar-refractivity contribution < 1.29 is 18.0 Å². The van der Waals surface area contributed by atoms with Gasteiger partial charge in [-0.25, -0.2) is 13.2 Å². The monoisotopic (exact) mass is 271 g/mol. The van der Waals surface area contributed by atoms with Gasteiger partial charge in [-0.05, 0) is 30.5 Å². The lowest BCUT2D eigenvalue weighted by Gasteiger charge is -2.21. The van der Waals surface area contributed by atoms with Crippen molar-refractivity contribution in [3.05, 3.63) is 35.1 Å². The maximum Gasteiger partial charge on any atom is 0.225 e. The SMILES string of the molecule is CN(Cc1cc(F)c(F)c(F)c1)C(=O)C1CCCC1. The van der Waals surface area contributed by atoms with Gasteiger partial charge in [-0.15, -0.1) is 0 Å². The highest BCUT2D eigenvalue weighted by Crippen LogP contribution is 2.26. The summed E-state index contributed by atoms with van der Waals surface area (Å²) in [5.41, 5.74) is 0.255. The molecule has 0 saturated heterocycles. The van der Waals surface area contributed by atoms with Crippen LogP contribution in [-0.2, 0) is 11.3 Å². The average molecular weight is 271 g/mol. The van der Waals surface area contributed by atoms with Gasteiger partial charge in [-0.3, -0.25) is 4.79 Å². The lowest BCUT2D eigenvalue weighted by Crippen LogP contribution is -2.31. The van der Waals surface area contributed by atoms with Crippen LogP contribution in [0.25, 0.3) is 0 Å². The molecule has 5 heteroatoms. The number of rotatable bonds is 3. The van der Waals surface area contributed by atoms with E-state index in [0.29, 0.717) is 0 Å². The molecule has 1 aromatic carbocycles. The quantitative estimate of drug-likeness (QED) is 0.773. The summed E-state index contributed by atoms with van der Waals surface area (Å²) in [6.07, 6.45) is 3.83. The lowest BCUT2D eigenvalue weighted by atomic mass is 10.1. The van der Waals surface area contributed by atoms with Crippen molar-refractivity contribution >= 4 is 5.91 Å². The Hall–Kier alpha value is -1.52. The highest BCUT2D eigenvalue weighted by atomic mass is 19.2. The van der Waals surface area contributed by atoms with E-state index in [9.17, 15) is 18.0 Å². The summed E-state index contributed by atoms with van der Waals surface area (Å²) in [6, 6.07) is 1.85.